The van der Waals surface area contributed by atoms with Crippen LogP contribution >= 0.6 is 11.6 Å². The van der Waals surface area contributed by atoms with Gasteiger partial charge in [-0.15, -0.1) is 0 Å². The van der Waals surface area contributed by atoms with E-state index in [1.54, 1.807) is 24.4 Å². The molecule has 8 heteroatoms. The van der Waals surface area contributed by atoms with Crippen LogP contribution in [0.5, 0.6) is 0 Å². The SMILES string of the molecule is Cc1cc(-c2ncc(Cl)cn2)cc(C)c1C1C(=O)CC(CCNC(=O)c2ccccn2)C1=O. The lowest BCUT2D eigenvalue weighted by Crippen LogP contribution is -2.27. The maximum absolute atomic E-state index is 13.2. The number of carbonyl (C=O) groups is 3. The van der Waals surface area contributed by atoms with Gasteiger partial charge in [-0.25, -0.2) is 9.97 Å². The van der Waals surface area contributed by atoms with E-state index in [0.29, 0.717) is 29.5 Å². The molecule has 1 aromatic carbocycles. The highest BCUT2D eigenvalue weighted by molar-refractivity contribution is 6.30. The highest BCUT2D eigenvalue weighted by atomic mass is 35.5. The molecule has 1 aliphatic rings. The Balaban J connectivity index is 1.47. The highest BCUT2D eigenvalue weighted by Gasteiger charge is 2.42. The van der Waals surface area contributed by atoms with Crippen LogP contribution in [0, 0.1) is 19.8 Å². The fraction of sp³-hybridized carbons (Fsp3) is 0.280. The zero-order chi connectivity index (χ0) is 23.5. The molecule has 1 fully saturated rings. The van der Waals surface area contributed by atoms with E-state index in [4.69, 9.17) is 11.6 Å². The molecule has 0 radical (unpaired) electrons. The number of carbonyl (C=O) groups excluding carboxylic acids is 3. The van der Waals surface area contributed by atoms with E-state index in [2.05, 4.69) is 20.3 Å². The summed E-state index contributed by atoms with van der Waals surface area (Å²) in [4.78, 5) is 50.7. The number of halogens is 1. The molecule has 1 aliphatic carbocycles. The van der Waals surface area contributed by atoms with Gasteiger partial charge in [0.1, 0.15) is 17.4 Å². The second kappa shape index (κ2) is 9.58. The number of amides is 1. The molecule has 0 aliphatic heterocycles. The van der Waals surface area contributed by atoms with Crippen LogP contribution in [0.4, 0.5) is 0 Å². The van der Waals surface area contributed by atoms with E-state index < -0.39 is 11.8 Å². The minimum absolute atomic E-state index is 0.0808. The Bertz CT molecular complexity index is 1190. The van der Waals surface area contributed by atoms with Crippen molar-refractivity contribution in [3.05, 3.63) is 76.3 Å². The minimum atomic E-state index is -0.776. The first kappa shape index (κ1) is 22.7. The van der Waals surface area contributed by atoms with Crippen molar-refractivity contribution in [2.24, 2.45) is 5.92 Å². The summed E-state index contributed by atoms with van der Waals surface area (Å²) in [6, 6.07) is 8.89. The number of nitrogens with one attached hydrogen (secondary N) is 1. The predicted molar refractivity (Wildman–Crippen MR) is 124 cm³/mol. The summed E-state index contributed by atoms with van der Waals surface area (Å²) in [6.07, 6.45) is 5.21. The number of aryl methyl sites for hydroxylation is 2. The van der Waals surface area contributed by atoms with Gasteiger partial charge in [-0.2, -0.15) is 0 Å². The van der Waals surface area contributed by atoms with Crippen molar-refractivity contribution in [1.82, 2.24) is 20.3 Å². The first-order valence-corrected chi connectivity index (χ1v) is 11.1. The number of hydrogen-bond donors (Lipinski definition) is 1. The number of ketones is 2. The van der Waals surface area contributed by atoms with Crippen molar-refractivity contribution in [2.45, 2.75) is 32.6 Å². The van der Waals surface area contributed by atoms with Gasteiger partial charge in [0.25, 0.3) is 5.91 Å². The van der Waals surface area contributed by atoms with Crippen LogP contribution in [-0.2, 0) is 9.59 Å². The number of benzene rings is 1. The third-order valence-corrected chi connectivity index (χ3v) is 6.09. The molecule has 2 heterocycles. The number of nitrogens with zero attached hydrogens (tertiary/aromatic N) is 3. The molecule has 1 amide bonds. The van der Waals surface area contributed by atoms with Gasteiger partial charge in [0.2, 0.25) is 0 Å². The van der Waals surface area contributed by atoms with Crippen LogP contribution in [0.15, 0.2) is 48.9 Å². The molecule has 4 rings (SSSR count). The molecule has 1 N–H and O–H groups in total. The Kier molecular flexibility index (Phi) is 6.60. The quantitative estimate of drug-likeness (QED) is 0.558. The van der Waals surface area contributed by atoms with Crippen LogP contribution in [0.2, 0.25) is 5.02 Å². The van der Waals surface area contributed by atoms with E-state index in [-0.39, 0.29) is 23.9 Å². The summed E-state index contributed by atoms with van der Waals surface area (Å²) in [5, 5.41) is 3.23. The summed E-state index contributed by atoms with van der Waals surface area (Å²) in [5.41, 5.74) is 3.57. The summed E-state index contributed by atoms with van der Waals surface area (Å²) >= 11 is 5.88. The summed E-state index contributed by atoms with van der Waals surface area (Å²) in [6.45, 7) is 4.09. The van der Waals surface area contributed by atoms with Crippen LogP contribution in [0.3, 0.4) is 0 Å². The van der Waals surface area contributed by atoms with Gasteiger partial charge in [-0.3, -0.25) is 19.4 Å². The maximum atomic E-state index is 13.2. The maximum Gasteiger partial charge on any atom is 0.269 e. The molecule has 168 valence electrons. The normalized spacial score (nSPS) is 17.9. The Morgan fingerprint density at radius 3 is 2.42 bits per heavy atom. The average Bonchev–Trinajstić information content (AvgIpc) is 3.07. The fourth-order valence-electron chi connectivity index (χ4n) is 4.37. The number of rotatable bonds is 6. The van der Waals surface area contributed by atoms with Crippen LogP contribution < -0.4 is 5.32 Å². The molecule has 0 spiro atoms. The smallest absolute Gasteiger partial charge is 0.269 e. The Morgan fingerprint density at radius 2 is 1.79 bits per heavy atom. The molecule has 33 heavy (non-hydrogen) atoms. The minimum Gasteiger partial charge on any atom is -0.351 e. The standard InChI is InChI=1S/C25H23ClN4O3/c1-14-9-17(24-29-12-18(26)13-30-24)10-15(2)21(14)22-20(31)11-16(23(22)32)6-8-28-25(33)19-5-3-4-7-27-19/h3-5,7,9-10,12-13,16,22H,6,8,11H2,1-2H3,(H,28,33). The fourth-order valence-corrected chi connectivity index (χ4v) is 4.47. The van der Waals surface area contributed by atoms with Gasteiger partial charge in [-0.1, -0.05) is 17.7 Å². The number of hydrogen-bond acceptors (Lipinski definition) is 6. The topological polar surface area (TPSA) is 102 Å². The summed E-state index contributed by atoms with van der Waals surface area (Å²) in [7, 11) is 0. The number of pyridine rings is 1. The number of Topliss-reactive ketones (excluding diaryl/α,β-unsaturated/α-hetero) is 2. The molecule has 3 aromatic rings. The molecular weight excluding hydrogens is 440 g/mol. The second-order valence-electron chi connectivity index (χ2n) is 8.21. The van der Waals surface area contributed by atoms with E-state index in [9.17, 15) is 14.4 Å². The highest BCUT2D eigenvalue weighted by Crippen LogP contribution is 2.38. The van der Waals surface area contributed by atoms with E-state index in [0.717, 1.165) is 22.3 Å². The van der Waals surface area contributed by atoms with Crippen LogP contribution in [0.25, 0.3) is 11.4 Å². The molecule has 2 unspecified atom stereocenters. The monoisotopic (exact) mass is 462 g/mol. The molecule has 1 saturated carbocycles. The van der Waals surface area contributed by atoms with Crippen molar-refractivity contribution >= 4 is 29.1 Å². The van der Waals surface area contributed by atoms with Crippen molar-refractivity contribution in [2.75, 3.05) is 6.54 Å². The first-order valence-electron chi connectivity index (χ1n) is 10.7. The van der Waals surface area contributed by atoms with E-state index in [1.165, 1.54) is 12.4 Å². The Morgan fingerprint density at radius 1 is 1.09 bits per heavy atom. The summed E-state index contributed by atoms with van der Waals surface area (Å²) in [5.74, 6) is -1.12. The van der Waals surface area contributed by atoms with Crippen LogP contribution in [-0.4, -0.2) is 39.0 Å². The lowest BCUT2D eigenvalue weighted by Gasteiger charge is -2.17. The summed E-state index contributed by atoms with van der Waals surface area (Å²) < 4.78 is 0. The van der Waals surface area contributed by atoms with Gasteiger partial charge in [-0.05, 0) is 61.2 Å². The number of aromatic nitrogens is 3. The molecule has 7 nitrogen and oxygen atoms in total. The van der Waals surface area contributed by atoms with Crippen molar-refractivity contribution in [1.29, 1.82) is 0 Å². The molecule has 2 atom stereocenters. The Labute approximate surface area is 196 Å². The zero-order valence-electron chi connectivity index (χ0n) is 18.3. The first-order chi connectivity index (χ1) is 15.8. The predicted octanol–water partition coefficient (Wildman–Crippen LogP) is 3.87. The third-order valence-electron chi connectivity index (χ3n) is 5.89. The average molecular weight is 463 g/mol. The van der Waals surface area contributed by atoms with Gasteiger partial charge < -0.3 is 5.32 Å². The molecular formula is C25H23ClN4O3. The zero-order valence-corrected chi connectivity index (χ0v) is 19.1. The third kappa shape index (κ3) is 4.83. The van der Waals surface area contributed by atoms with Gasteiger partial charge in [0.15, 0.2) is 11.6 Å². The van der Waals surface area contributed by atoms with Crippen molar-refractivity contribution < 1.29 is 14.4 Å². The van der Waals surface area contributed by atoms with Gasteiger partial charge >= 0.3 is 0 Å². The van der Waals surface area contributed by atoms with E-state index in [1.807, 2.05) is 26.0 Å². The Hall–Kier alpha value is -3.45. The van der Waals surface area contributed by atoms with E-state index >= 15 is 0 Å². The molecule has 0 saturated heterocycles. The largest absolute Gasteiger partial charge is 0.351 e. The van der Waals surface area contributed by atoms with Crippen molar-refractivity contribution in [3.8, 4) is 11.4 Å². The second-order valence-corrected chi connectivity index (χ2v) is 8.65. The van der Waals surface area contributed by atoms with Crippen molar-refractivity contribution in [3.63, 3.8) is 0 Å². The lowest BCUT2D eigenvalue weighted by atomic mass is 9.86. The van der Waals surface area contributed by atoms with Crippen LogP contribution in [0.1, 0.15) is 45.9 Å². The van der Waals surface area contributed by atoms with Gasteiger partial charge in [0, 0.05) is 43.0 Å². The molecule has 0 bridgehead atoms. The molecule has 2 aromatic heterocycles. The van der Waals surface area contributed by atoms with Gasteiger partial charge in [0.05, 0.1) is 5.02 Å². The lowest BCUT2D eigenvalue weighted by molar-refractivity contribution is -0.124.